The number of fused-ring (bicyclic) bond motifs is 1. The topological polar surface area (TPSA) is 62.0 Å². The summed E-state index contributed by atoms with van der Waals surface area (Å²) in [5, 5.41) is 4.42. The van der Waals surface area contributed by atoms with Crippen molar-refractivity contribution in [2.24, 2.45) is 0 Å². The molecule has 0 aliphatic heterocycles. The third-order valence-electron chi connectivity index (χ3n) is 3.81. The molecule has 3 rings (SSSR count). The van der Waals surface area contributed by atoms with Crippen LogP contribution in [-0.4, -0.2) is 10.9 Å². The number of pyridine rings is 1. The quantitative estimate of drug-likeness (QED) is 0.740. The Morgan fingerprint density at radius 3 is 2.58 bits per heavy atom. The van der Waals surface area contributed by atoms with E-state index in [1.807, 2.05) is 12.1 Å². The van der Waals surface area contributed by atoms with E-state index in [2.05, 4.69) is 17.2 Å². The molecule has 0 radical (unpaired) electrons. The molecule has 2 N–H and O–H groups in total. The SMILES string of the molecule is CCCc1cc(=O)[nH]c2cc(NC(=O)c3ccc(Cl)cc3)ccc12. The van der Waals surface area contributed by atoms with Crippen molar-refractivity contribution >= 4 is 34.1 Å². The first-order chi connectivity index (χ1) is 11.6. The molecule has 0 aliphatic rings. The molecule has 0 aliphatic carbocycles. The van der Waals surface area contributed by atoms with E-state index in [4.69, 9.17) is 11.6 Å². The molecule has 3 aromatic rings. The van der Waals surface area contributed by atoms with E-state index in [9.17, 15) is 9.59 Å². The number of carbonyl (C=O) groups excluding carboxylic acids is 1. The lowest BCUT2D eigenvalue weighted by Gasteiger charge is -2.09. The monoisotopic (exact) mass is 340 g/mol. The van der Waals surface area contributed by atoms with Gasteiger partial charge in [-0.25, -0.2) is 0 Å². The summed E-state index contributed by atoms with van der Waals surface area (Å²) in [4.78, 5) is 26.9. The zero-order valence-electron chi connectivity index (χ0n) is 13.2. The third-order valence-corrected chi connectivity index (χ3v) is 4.06. The Morgan fingerprint density at radius 2 is 1.88 bits per heavy atom. The summed E-state index contributed by atoms with van der Waals surface area (Å²) in [5.74, 6) is -0.224. The summed E-state index contributed by atoms with van der Waals surface area (Å²) in [6, 6.07) is 13.9. The van der Waals surface area contributed by atoms with Gasteiger partial charge in [0, 0.05) is 27.7 Å². The fourth-order valence-electron chi connectivity index (χ4n) is 2.69. The molecular weight excluding hydrogens is 324 g/mol. The van der Waals surface area contributed by atoms with Crippen LogP contribution >= 0.6 is 11.6 Å². The number of hydrogen-bond donors (Lipinski definition) is 2. The Balaban J connectivity index is 1.92. The lowest BCUT2D eigenvalue weighted by Crippen LogP contribution is -2.12. The van der Waals surface area contributed by atoms with Crippen molar-refractivity contribution in [2.45, 2.75) is 19.8 Å². The summed E-state index contributed by atoms with van der Waals surface area (Å²) in [5.41, 5.74) is 2.76. The summed E-state index contributed by atoms with van der Waals surface area (Å²) < 4.78 is 0. The van der Waals surface area contributed by atoms with Crippen molar-refractivity contribution in [1.29, 1.82) is 0 Å². The number of rotatable bonds is 4. The van der Waals surface area contributed by atoms with Gasteiger partial charge in [-0.3, -0.25) is 9.59 Å². The Kier molecular flexibility index (Phi) is 4.67. The van der Waals surface area contributed by atoms with Gasteiger partial charge in [0.05, 0.1) is 5.52 Å². The summed E-state index contributed by atoms with van der Waals surface area (Å²) in [6.45, 7) is 2.08. The van der Waals surface area contributed by atoms with Crippen LogP contribution in [-0.2, 0) is 6.42 Å². The van der Waals surface area contributed by atoms with Crippen LogP contribution in [0.2, 0.25) is 5.02 Å². The van der Waals surface area contributed by atoms with Crippen molar-refractivity contribution in [2.75, 3.05) is 5.32 Å². The minimum Gasteiger partial charge on any atom is -0.322 e. The van der Waals surface area contributed by atoms with Gasteiger partial charge in [-0.1, -0.05) is 31.0 Å². The second kappa shape index (κ2) is 6.89. The zero-order chi connectivity index (χ0) is 17.1. The summed E-state index contributed by atoms with van der Waals surface area (Å²) in [6.07, 6.45) is 1.81. The maximum absolute atomic E-state index is 12.3. The number of halogens is 1. The van der Waals surface area contributed by atoms with Crippen molar-refractivity contribution < 1.29 is 4.79 Å². The Bertz CT molecular complexity index is 946. The average molecular weight is 341 g/mol. The van der Waals surface area contributed by atoms with Crippen LogP contribution in [0.25, 0.3) is 10.9 Å². The van der Waals surface area contributed by atoms with E-state index in [0.29, 0.717) is 16.3 Å². The highest BCUT2D eigenvalue weighted by Gasteiger charge is 2.08. The molecule has 2 aromatic carbocycles. The van der Waals surface area contributed by atoms with Gasteiger partial charge in [-0.05, 0) is 48.4 Å². The van der Waals surface area contributed by atoms with Crippen LogP contribution < -0.4 is 10.9 Å². The molecular formula is C19H17ClN2O2. The number of aromatic nitrogens is 1. The molecule has 0 bridgehead atoms. The first-order valence-corrected chi connectivity index (χ1v) is 8.17. The minimum atomic E-state index is -0.224. The van der Waals surface area contributed by atoms with E-state index in [1.165, 1.54) is 0 Å². The first kappa shape index (κ1) is 16.3. The number of aromatic amines is 1. The van der Waals surface area contributed by atoms with Gasteiger partial charge in [0.2, 0.25) is 5.56 Å². The van der Waals surface area contributed by atoms with Crippen LogP contribution in [0, 0.1) is 0 Å². The zero-order valence-corrected chi connectivity index (χ0v) is 14.0. The number of hydrogen-bond acceptors (Lipinski definition) is 2. The molecule has 1 heterocycles. The fourth-order valence-corrected chi connectivity index (χ4v) is 2.82. The Labute approximate surface area is 144 Å². The van der Waals surface area contributed by atoms with Gasteiger partial charge in [0.15, 0.2) is 0 Å². The molecule has 24 heavy (non-hydrogen) atoms. The molecule has 1 amide bonds. The second-order valence-corrected chi connectivity index (χ2v) is 6.07. The number of amides is 1. The highest BCUT2D eigenvalue weighted by atomic mass is 35.5. The molecule has 0 saturated carbocycles. The maximum atomic E-state index is 12.3. The maximum Gasteiger partial charge on any atom is 0.255 e. The van der Waals surface area contributed by atoms with Crippen molar-refractivity contribution in [3.63, 3.8) is 0 Å². The highest BCUT2D eigenvalue weighted by Crippen LogP contribution is 2.21. The molecule has 0 atom stereocenters. The average Bonchev–Trinajstić information content (AvgIpc) is 2.55. The smallest absolute Gasteiger partial charge is 0.255 e. The highest BCUT2D eigenvalue weighted by molar-refractivity contribution is 6.30. The number of nitrogens with one attached hydrogen (secondary N) is 2. The lowest BCUT2D eigenvalue weighted by atomic mass is 10.0. The van der Waals surface area contributed by atoms with Crippen LogP contribution in [0.1, 0.15) is 29.3 Å². The van der Waals surface area contributed by atoms with Crippen molar-refractivity contribution in [1.82, 2.24) is 4.98 Å². The number of aryl methyl sites for hydroxylation is 1. The van der Waals surface area contributed by atoms with E-state index < -0.39 is 0 Å². The predicted octanol–water partition coefficient (Wildman–Crippen LogP) is 4.39. The summed E-state index contributed by atoms with van der Waals surface area (Å²) in [7, 11) is 0. The number of anilines is 1. The van der Waals surface area contributed by atoms with E-state index in [-0.39, 0.29) is 11.5 Å². The van der Waals surface area contributed by atoms with Crippen LogP contribution in [0.3, 0.4) is 0 Å². The largest absolute Gasteiger partial charge is 0.322 e. The van der Waals surface area contributed by atoms with Gasteiger partial charge in [0.1, 0.15) is 0 Å². The Hall–Kier alpha value is -2.59. The third kappa shape index (κ3) is 3.49. The van der Waals surface area contributed by atoms with Gasteiger partial charge in [-0.2, -0.15) is 0 Å². The van der Waals surface area contributed by atoms with E-state index in [0.717, 1.165) is 29.3 Å². The Morgan fingerprint density at radius 1 is 1.12 bits per heavy atom. The standard InChI is InChI=1S/C19H17ClN2O2/c1-2-3-13-10-18(23)22-17-11-15(8-9-16(13)17)21-19(24)12-4-6-14(20)7-5-12/h4-11H,2-3H2,1H3,(H,21,24)(H,22,23). The second-order valence-electron chi connectivity index (χ2n) is 5.63. The van der Waals surface area contributed by atoms with Gasteiger partial charge in [0.25, 0.3) is 5.91 Å². The number of carbonyl (C=O) groups is 1. The normalized spacial score (nSPS) is 10.8. The molecule has 0 saturated heterocycles. The molecule has 4 nitrogen and oxygen atoms in total. The van der Waals surface area contributed by atoms with Crippen LogP contribution in [0.4, 0.5) is 5.69 Å². The van der Waals surface area contributed by atoms with Gasteiger partial charge >= 0.3 is 0 Å². The van der Waals surface area contributed by atoms with Gasteiger partial charge in [-0.15, -0.1) is 0 Å². The van der Waals surface area contributed by atoms with E-state index in [1.54, 1.807) is 36.4 Å². The molecule has 1 aromatic heterocycles. The molecule has 5 heteroatoms. The molecule has 122 valence electrons. The van der Waals surface area contributed by atoms with Gasteiger partial charge < -0.3 is 10.3 Å². The van der Waals surface area contributed by atoms with Crippen molar-refractivity contribution in [3.8, 4) is 0 Å². The summed E-state index contributed by atoms with van der Waals surface area (Å²) >= 11 is 5.83. The van der Waals surface area contributed by atoms with E-state index >= 15 is 0 Å². The first-order valence-electron chi connectivity index (χ1n) is 7.79. The van der Waals surface area contributed by atoms with Crippen LogP contribution in [0.5, 0.6) is 0 Å². The molecule has 0 spiro atoms. The number of benzene rings is 2. The van der Waals surface area contributed by atoms with Crippen LogP contribution in [0.15, 0.2) is 53.3 Å². The molecule has 0 fully saturated rings. The fraction of sp³-hybridized carbons (Fsp3) is 0.158. The minimum absolute atomic E-state index is 0.132. The predicted molar refractivity (Wildman–Crippen MR) is 98.0 cm³/mol. The van der Waals surface area contributed by atoms with Crippen molar-refractivity contribution in [3.05, 3.63) is 75.0 Å². The molecule has 0 unspecified atom stereocenters. The number of H-pyrrole nitrogens is 1. The lowest BCUT2D eigenvalue weighted by molar-refractivity contribution is 0.102.